The van der Waals surface area contributed by atoms with Gasteiger partial charge in [-0.3, -0.25) is 0 Å². The molecule has 0 amide bonds. The molecule has 2 N–H and O–H groups in total. The molecular weight excluding hydrogens is 328 g/mol. The Morgan fingerprint density at radius 3 is 2.33 bits per heavy atom. The first-order valence-corrected chi connectivity index (χ1v) is 7.46. The highest BCUT2D eigenvalue weighted by Gasteiger charge is 2.13. The van der Waals surface area contributed by atoms with Crippen LogP contribution in [0.25, 0.3) is 0 Å². The number of rotatable bonds is 3. The molecule has 108 valence electrons. The fraction of sp³-hybridized carbons (Fsp3) is 0.235. The van der Waals surface area contributed by atoms with E-state index in [-0.39, 0.29) is 6.04 Å². The van der Waals surface area contributed by atoms with E-state index >= 15 is 0 Å². The minimum atomic E-state index is -0.118. The summed E-state index contributed by atoms with van der Waals surface area (Å²) in [5.41, 5.74) is 9.45. The molecule has 3 nitrogen and oxygen atoms in total. The molecule has 0 fully saturated rings. The van der Waals surface area contributed by atoms with Gasteiger partial charge in [0, 0.05) is 16.1 Å². The van der Waals surface area contributed by atoms with Crippen molar-refractivity contribution >= 4 is 15.9 Å². The molecule has 0 radical (unpaired) electrons. The second kappa shape index (κ2) is 6.30. The van der Waals surface area contributed by atoms with Gasteiger partial charge in [-0.05, 0) is 56.2 Å². The number of ether oxygens (including phenoxy) is 1. The topological polar surface area (TPSA) is 59.0 Å². The second-order valence-corrected chi connectivity index (χ2v) is 6.04. The van der Waals surface area contributed by atoms with Crippen LogP contribution in [0.5, 0.6) is 11.5 Å². The molecule has 0 bridgehead atoms. The van der Waals surface area contributed by atoms with Gasteiger partial charge in [-0.25, -0.2) is 0 Å². The second-order valence-electron chi connectivity index (χ2n) is 5.12. The molecule has 1 atom stereocenters. The van der Waals surface area contributed by atoms with E-state index in [0.717, 1.165) is 32.7 Å². The van der Waals surface area contributed by atoms with Crippen molar-refractivity contribution in [2.45, 2.75) is 26.8 Å². The normalized spacial score (nSPS) is 11.8. The van der Waals surface area contributed by atoms with Crippen LogP contribution in [0.3, 0.4) is 0 Å². The van der Waals surface area contributed by atoms with Crippen LogP contribution in [0, 0.1) is 25.2 Å². The smallest absolute Gasteiger partial charge is 0.133 e. The number of nitrogens with two attached hydrogens (primary N) is 1. The lowest BCUT2D eigenvalue weighted by molar-refractivity contribution is 0.464. The van der Waals surface area contributed by atoms with E-state index in [1.54, 1.807) is 0 Å². The number of benzene rings is 2. The molecule has 0 heterocycles. The van der Waals surface area contributed by atoms with E-state index in [2.05, 4.69) is 22.0 Å². The molecular formula is C17H17BrN2O. The Hall–Kier alpha value is -1.83. The number of halogens is 1. The summed E-state index contributed by atoms with van der Waals surface area (Å²) in [5.74, 6) is 1.50. The molecule has 0 aliphatic rings. The minimum absolute atomic E-state index is 0.118. The largest absolute Gasteiger partial charge is 0.456 e. The molecule has 0 saturated carbocycles. The molecule has 0 aliphatic carbocycles. The van der Waals surface area contributed by atoms with Crippen molar-refractivity contribution in [2.24, 2.45) is 5.73 Å². The summed E-state index contributed by atoms with van der Waals surface area (Å²) in [6, 6.07) is 11.5. The zero-order chi connectivity index (χ0) is 15.6. The Morgan fingerprint density at radius 2 is 1.81 bits per heavy atom. The van der Waals surface area contributed by atoms with Gasteiger partial charge < -0.3 is 10.5 Å². The molecule has 2 rings (SSSR count). The van der Waals surface area contributed by atoms with Crippen LogP contribution >= 0.6 is 15.9 Å². The van der Waals surface area contributed by atoms with Crippen LogP contribution < -0.4 is 10.5 Å². The molecule has 0 aliphatic heterocycles. The van der Waals surface area contributed by atoms with Gasteiger partial charge in [0.2, 0.25) is 0 Å². The van der Waals surface area contributed by atoms with Crippen LogP contribution in [0.2, 0.25) is 0 Å². The van der Waals surface area contributed by atoms with Gasteiger partial charge in [0.15, 0.2) is 0 Å². The van der Waals surface area contributed by atoms with Crippen molar-refractivity contribution in [1.82, 2.24) is 0 Å². The van der Waals surface area contributed by atoms with Crippen molar-refractivity contribution in [3.8, 4) is 17.6 Å². The standard InChI is InChI=1S/C17H17BrN2O/c1-10-6-13(9-19)7-11(2)17(10)21-16-8-14(18)4-5-15(16)12(3)20/h4-8,12H,20H2,1-3H3. The molecule has 4 heteroatoms. The lowest BCUT2D eigenvalue weighted by Crippen LogP contribution is -2.07. The van der Waals surface area contributed by atoms with E-state index in [9.17, 15) is 0 Å². The number of hydrogen-bond acceptors (Lipinski definition) is 3. The highest BCUT2D eigenvalue weighted by atomic mass is 79.9. The first-order chi connectivity index (χ1) is 9.92. The number of aryl methyl sites for hydroxylation is 2. The minimum Gasteiger partial charge on any atom is -0.456 e. The molecule has 0 aromatic heterocycles. The first-order valence-electron chi connectivity index (χ1n) is 6.66. The number of hydrogen-bond donors (Lipinski definition) is 1. The first kappa shape index (κ1) is 15.6. The average molecular weight is 345 g/mol. The maximum atomic E-state index is 9.01. The predicted octanol–water partition coefficient (Wildman–Crippen LogP) is 4.75. The highest BCUT2D eigenvalue weighted by molar-refractivity contribution is 9.10. The molecule has 21 heavy (non-hydrogen) atoms. The van der Waals surface area contributed by atoms with E-state index < -0.39 is 0 Å². The molecule has 2 aromatic rings. The van der Waals surface area contributed by atoms with Crippen LogP contribution in [-0.4, -0.2) is 0 Å². The Kier molecular flexibility index (Phi) is 4.66. The van der Waals surface area contributed by atoms with Crippen LogP contribution in [0.15, 0.2) is 34.8 Å². The van der Waals surface area contributed by atoms with Gasteiger partial charge in [0.05, 0.1) is 11.6 Å². The highest BCUT2D eigenvalue weighted by Crippen LogP contribution is 2.35. The third-order valence-electron chi connectivity index (χ3n) is 3.27. The third kappa shape index (κ3) is 3.44. The van der Waals surface area contributed by atoms with Crippen molar-refractivity contribution in [3.05, 3.63) is 57.1 Å². The van der Waals surface area contributed by atoms with Crippen LogP contribution in [0.1, 0.15) is 35.2 Å². The van der Waals surface area contributed by atoms with Gasteiger partial charge in [-0.15, -0.1) is 0 Å². The lowest BCUT2D eigenvalue weighted by Gasteiger charge is -2.17. The van der Waals surface area contributed by atoms with Crippen molar-refractivity contribution in [1.29, 1.82) is 5.26 Å². The summed E-state index contributed by atoms with van der Waals surface area (Å²) in [4.78, 5) is 0. The van der Waals surface area contributed by atoms with Gasteiger partial charge in [-0.1, -0.05) is 22.0 Å². The van der Waals surface area contributed by atoms with Crippen molar-refractivity contribution < 1.29 is 4.74 Å². The zero-order valence-electron chi connectivity index (χ0n) is 12.3. The molecule has 1 unspecified atom stereocenters. The predicted molar refractivity (Wildman–Crippen MR) is 87.4 cm³/mol. The van der Waals surface area contributed by atoms with Crippen LogP contribution in [0.4, 0.5) is 0 Å². The quantitative estimate of drug-likeness (QED) is 0.873. The third-order valence-corrected chi connectivity index (χ3v) is 3.76. The summed E-state index contributed by atoms with van der Waals surface area (Å²) in [5, 5.41) is 9.01. The summed E-state index contributed by atoms with van der Waals surface area (Å²) in [7, 11) is 0. The molecule has 0 spiro atoms. The molecule has 0 saturated heterocycles. The average Bonchev–Trinajstić information content (AvgIpc) is 2.42. The van der Waals surface area contributed by atoms with E-state index in [1.807, 2.05) is 51.1 Å². The van der Waals surface area contributed by atoms with Gasteiger partial charge in [0.25, 0.3) is 0 Å². The fourth-order valence-corrected chi connectivity index (χ4v) is 2.60. The van der Waals surface area contributed by atoms with Crippen LogP contribution in [-0.2, 0) is 0 Å². The Bertz CT molecular complexity index is 694. The van der Waals surface area contributed by atoms with E-state index in [1.165, 1.54) is 0 Å². The Morgan fingerprint density at radius 1 is 1.19 bits per heavy atom. The lowest BCUT2D eigenvalue weighted by atomic mass is 10.1. The van der Waals surface area contributed by atoms with Gasteiger partial charge >= 0.3 is 0 Å². The SMILES string of the molecule is Cc1cc(C#N)cc(C)c1Oc1cc(Br)ccc1C(C)N. The van der Waals surface area contributed by atoms with Gasteiger partial charge in [-0.2, -0.15) is 5.26 Å². The summed E-state index contributed by atoms with van der Waals surface area (Å²) < 4.78 is 7.03. The number of nitriles is 1. The number of nitrogens with zero attached hydrogens (tertiary/aromatic N) is 1. The Labute approximate surface area is 133 Å². The van der Waals surface area contributed by atoms with E-state index in [4.69, 9.17) is 15.7 Å². The maximum absolute atomic E-state index is 9.01. The summed E-state index contributed by atoms with van der Waals surface area (Å²) in [6.45, 7) is 5.80. The zero-order valence-corrected chi connectivity index (χ0v) is 13.9. The molecule has 2 aromatic carbocycles. The maximum Gasteiger partial charge on any atom is 0.133 e. The van der Waals surface area contributed by atoms with Crippen molar-refractivity contribution in [2.75, 3.05) is 0 Å². The fourth-order valence-electron chi connectivity index (χ4n) is 2.26. The monoisotopic (exact) mass is 344 g/mol. The van der Waals surface area contributed by atoms with E-state index in [0.29, 0.717) is 5.56 Å². The summed E-state index contributed by atoms with van der Waals surface area (Å²) >= 11 is 3.45. The summed E-state index contributed by atoms with van der Waals surface area (Å²) in [6.07, 6.45) is 0. The Balaban J connectivity index is 2.48. The van der Waals surface area contributed by atoms with Crippen molar-refractivity contribution in [3.63, 3.8) is 0 Å². The van der Waals surface area contributed by atoms with Gasteiger partial charge in [0.1, 0.15) is 11.5 Å².